The third kappa shape index (κ3) is 4.53. The molecule has 0 fully saturated rings. The number of carboxylic acids is 1. The SMILES string of the molecule is CC.Cc1cc(OC(C)C(=O)O)c2c(-c3ccc(F)cc3)cc(=O)oc2c1. The van der Waals surface area contributed by atoms with Crippen LogP contribution in [0.3, 0.4) is 0 Å². The molecular formula is C21H21FO5. The first-order valence-electron chi connectivity index (χ1n) is 8.59. The molecule has 2 aromatic carbocycles. The Morgan fingerprint density at radius 2 is 1.78 bits per heavy atom. The molecule has 142 valence electrons. The average molecular weight is 372 g/mol. The predicted molar refractivity (Wildman–Crippen MR) is 102 cm³/mol. The first kappa shape index (κ1) is 20.2. The minimum absolute atomic E-state index is 0.277. The quantitative estimate of drug-likeness (QED) is 0.667. The van der Waals surface area contributed by atoms with Gasteiger partial charge in [-0.05, 0) is 49.2 Å². The van der Waals surface area contributed by atoms with Crippen LogP contribution in [0.1, 0.15) is 26.3 Å². The van der Waals surface area contributed by atoms with Crippen LogP contribution in [0.2, 0.25) is 0 Å². The Labute approximate surface area is 156 Å². The van der Waals surface area contributed by atoms with E-state index in [9.17, 15) is 14.0 Å². The van der Waals surface area contributed by atoms with Gasteiger partial charge in [0, 0.05) is 11.6 Å². The summed E-state index contributed by atoms with van der Waals surface area (Å²) in [6, 6.07) is 10.3. The number of carboxylic acid groups (broad SMARTS) is 1. The van der Waals surface area contributed by atoms with Crippen LogP contribution in [-0.4, -0.2) is 17.2 Å². The molecule has 3 rings (SSSR count). The van der Waals surface area contributed by atoms with Gasteiger partial charge in [-0.3, -0.25) is 0 Å². The summed E-state index contributed by atoms with van der Waals surface area (Å²) in [5.41, 5.74) is 1.54. The van der Waals surface area contributed by atoms with Gasteiger partial charge in [0.15, 0.2) is 6.10 Å². The van der Waals surface area contributed by atoms with Crippen molar-refractivity contribution in [2.75, 3.05) is 0 Å². The van der Waals surface area contributed by atoms with Crippen molar-refractivity contribution in [3.63, 3.8) is 0 Å². The number of hydrogen-bond donors (Lipinski definition) is 1. The third-order valence-corrected chi connectivity index (χ3v) is 3.76. The molecule has 0 amide bonds. The molecular weight excluding hydrogens is 351 g/mol. The van der Waals surface area contributed by atoms with Gasteiger partial charge in [-0.2, -0.15) is 0 Å². The Balaban J connectivity index is 0.00000126. The summed E-state index contributed by atoms with van der Waals surface area (Å²) >= 11 is 0. The molecule has 5 nitrogen and oxygen atoms in total. The van der Waals surface area contributed by atoms with Crippen LogP contribution >= 0.6 is 0 Å². The van der Waals surface area contributed by atoms with E-state index in [0.717, 1.165) is 5.56 Å². The highest BCUT2D eigenvalue weighted by Gasteiger charge is 2.19. The number of hydrogen-bond acceptors (Lipinski definition) is 4. The van der Waals surface area contributed by atoms with Gasteiger partial charge in [0.05, 0.1) is 5.39 Å². The zero-order valence-corrected chi connectivity index (χ0v) is 15.6. The fraction of sp³-hybridized carbons (Fsp3) is 0.238. The normalized spacial score (nSPS) is 11.4. The molecule has 0 saturated heterocycles. The molecule has 0 aliphatic heterocycles. The molecule has 1 unspecified atom stereocenters. The third-order valence-electron chi connectivity index (χ3n) is 3.76. The molecule has 3 aromatic rings. The van der Waals surface area contributed by atoms with E-state index < -0.39 is 23.5 Å². The zero-order chi connectivity index (χ0) is 20.1. The fourth-order valence-corrected chi connectivity index (χ4v) is 2.59. The van der Waals surface area contributed by atoms with Gasteiger partial charge in [0.1, 0.15) is 17.1 Å². The summed E-state index contributed by atoms with van der Waals surface area (Å²) in [4.78, 5) is 23.1. The number of rotatable bonds is 4. The minimum atomic E-state index is -1.12. The van der Waals surface area contributed by atoms with Crippen LogP contribution in [0.25, 0.3) is 22.1 Å². The van der Waals surface area contributed by atoms with Crippen LogP contribution in [0.15, 0.2) is 51.7 Å². The summed E-state index contributed by atoms with van der Waals surface area (Å²) in [5, 5.41) is 9.57. The molecule has 0 saturated carbocycles. The molecule has 6 heteroatoms. The van der Waals surface area contributed by atoms with Crippen LogP contribution in [-0.2, 0) is 4.79 Å². The second-order valence-corrected chi connectivity index (χ2v) is 5.72. The van der Waals surface area contributed by atoms with Crippen molar-refractivity contribution in [2.24, 2.45) is 0 Å². The smallest absolute Gasteiger partial charge is 0.344 e. The molecule has 1 atom stereocenters. The van der Waals surface area contributed by atoms with Crippen molar-refractivity contribution in [1.82, 2.24) is 0 Å². The van der Waals surface area contributed by atoms with Crippen molar-refractivity contribution in [3.8, 4) is 16.9 Å². The maximum Gasteiger partial charge on any atom is 0.344 e. The number of benzene rings is 2. The van der Waals surface area contributed by atoms with Crippen molar-refractivity contribution in [2.45, 2.75) is 33.8 Å². The molecule has 1 heterocycles. The predicted octanol–water partition coefficient (Wildman–Crippen LogP) is 4.79. The maximum atomic E-state index is 13.2. The van der Waals surface area contributed by atoms with Gasteiger partial charge < -0.3 is 14.3 Å². The number of fused-ring (bicyclic) bond motifs is 1. The lowest BCUT2D eigenvalue weighted by atomic mass is 10.00. The fourth-order valence-electron chi connectivity index (χ4n) is 2.59. The number of carbonyl (C=O) groups is 1. The van der Waals surface area contributed by atoms with Crippen LogP contribution in [0.5, 0.6) is 5.75 Å². The zero-order valence-electron chi connectivity index (χ0n) is 15.6. The number of halogens is 1. The lowest BCUT2D eigenvalue weighted by Crippen LogP contribution is -2.23. The van der Waals surface area contributed by atoms with Crippen molar-refractivity contribution in [3.05, 3.63) is 64.3 Å². The van der Waals surface area contributed by atoms with Gasteiger partial charge in [0.25, 0.3) is 0 Å². The number of ether oxygens (including phenoxy) is 1. The van der Waals surface area contributed by atoms with Crippen molar-refractivity contribution >= 4 is 16.9 Å². The largest absolute Gasteiger partial charge is 0.479 e. The van der Waals surface area contributed by atoms with Gasteiger partial charge in [-0.1, -0.05) is 26.0 Å². The van der Waals surface area contributed by atoms with Crippen molar-refractivity contribution in [1.29, 1.82) is 0 Å². The highest BCUT2D eigenvalue weighted by Crippen LogP contribution is 2.36. The van der Waals surface area contributed by atoms with Crippen molar-refractivity contribution < 1.29 is 23.4 Å². The monoisotopic (exact) mass is 372 g/mol. The molecule has 0 bridgehead atoms. The topological polar surface area (TPSA) is 76.7 Å². The van der Waals surface area contributed by atoms with E-state index in [1.165, 1.54) is 37.3 Å². The minimum Gasteiger partial charge on any atom is -0.479 e. The summed E-state index contributed by atoms with van der Waals surface area (Å²) < 4.78 is 24.0. The van der Waals surface area contributed by atoms with E-state index >= 15 is 0 Å². The average Bonchev–Trinajstić information content (AvgIpc) is 2.62. The molecule has 0 aliphatic carbocycles. The Hall–Kier alpha value is -3.15. The summed E-state index contributed by atoms with van der Waals surface area (Å²) in [6.45, 7) is 7.19. The molecule has 1 N–H and O–H groups in total. The first-order chi connectivity index (χ1) is 12.8. The molecule has 0 aliphatic rings. The summed E-state index contributed by atoms with van der Waals surface area (Å²) in [6.07, 6.45) is -1.09. The lowest BCUT2D eigenvalue weighted by Gasteiger charge is -2.15. The van der Waals surface area contributed by atoms with Gasteiger partial charge in [-0.15, -0.1) is 0 Å². The molecule has 0 radical (unpaired) electrons. The second-order valence-electron chi connectivity index (χ2n) is 5.72. The van der Waals surface area contributed by atoms with Crippen LogP contribution < -0.4 is 10.4 Å². The Bertz CT molecular complexity index is 1010. The molecule has 27 heavy (non-hydrogen) atoms. The number of aryl methyl sites for hydroxylation is 1. The Morgan fingerprint density at radius 3 is 2.37 bits per heavy atom. The van der Waals surface area contributed by atoms with Gasteiger partial charge in [0.2, 0.25) is 0 Å². The first-order valence-corrected chi connectivity index (χ1v) is 8.59. The Kier molecular flexibility index (Phi) is 6.34. The highest BCUT2D eigenvalue weighted by molar-refractivity contribution is 5.98. The van der Waals surface area contributed by atoms with E-state index in [-0.39, 0.29) is 11.3 Å². The van der Waals surface area contributed by atoms with Gasteiger partial charge >= 0.3 is 11.6 Å². The van der Waals surface area contributed by atoms with E-state index in [1.807, 2.05) is 13.8 Å². The number of aliphatic carboxylic acids is 1. The summed E-state index contributed by atoms with van der Waals surface area (Å²) in [5.74, 6) is -1.23. The summed E-state index contributed by atoms with van der Waals surface area (Å²) in [7, 11) is 0. The maximum absolute atomic E-state index is 13.2. The van der Waals surface area contributed by atoms with Crippen LogP contribution in [0.4, 0.5) is 4.39 Å². The molecule has 1 aromatic heterocycles. The van der Waals surface area contributed by atoms with Gasteiger partial charge in [-0.25, -0.2) is 14.0 Å². The van der Waals surface area contributed by atoms with E-state index in [0.29, 0.717) is 16.5 Å². The lowest BCUT2D eigenvalue weighted by molar-refractivity contribution is -0.144. The van der Waals surface area contributed by atoms with Crippen LogP contribution in [0, 0.1) is 12.7 Å². The van der Waals surface area contributed by atoms with E-state index in [4.69, 9.17) is 14.3 Å². The van der Waals surface area contributed by atoms with E-state index in [1.54, 1.807) is 19.1 Å². The standard InChI is InChI=1S/C19H15FO5.C2H6/c1-10-7-15(24-11(2)19(22)23)18-14(9-17(21)25-16(18)8-10)12-3-5-13(20)6-4-12;1-2/h3-9,11H,1-2H3,(H,22,23);1-2H3. The second kappa shape index (κ2) is 8.49. The Morgan fingerprint density at radius 1 is 1.15 bits per heavy atom. The highest BCUT2D eigenvalue weighted by atomic mass is 19.1. The molecule has 0 spiro atoms. The van der Waals surface area contributed by atoms with E-state index in [2.05, 4.69) is 0 Å².